The highest BCUT2D eigenvalue weighted by Crippen LogP contribution is 2.32. The minimum absolute atomic E-state index is 0.177. The van der Waals surface area contributed by atoms with E-state index >= 15 is 0 Å². The Balaban J connectivity index is 1.63. The Kier molecular flexibility index (Phi) is 7.27. The first kappa shape index (κ1) is 23.5. The zero-order chi connectivity index (χ0) is 24.1. The Morgan fingerprint density at radius 2 is 1.76 bits per heavy atom. The number of hydrogen-bond donors (Lipinski definition) is 1. The standard InChI is InChI=1S/C26H25FN4O2S/c1-4-18-9-13-20(14-10-18)28-25(32)17(2)34-26-30-29-24(19-11-15-21(33-3)16-12-19)31(26)23-8-6-5-7-22(23)27/h5-17H,4H2,1-3H3,(H,28,32). The summed E-state index contributed by atoms with van der Waals surface area (Å²) in [5, 5.41) is 11.5. The summed E-state index contributed by atoms with van der Waals surface area (Å²) in [6.45, 7) is 3.87. The molecule has 6 nitrogen and oxygen atoms in total. The largest absolute Gasteiger partial charge is 0.497 e. The molecule has 0 fully saturated rings. The van der Waals surface area contributed by atoms with Gasteiger partial charge in [-0.3, -0.25) is 9.36 Å². The van der Waals surface area contributed by atoms with Crippen LogP contribution in [0.2, 0.25) is 0 Å². The van der Waals surface area contributed by atoms with Gasteiger partial charge >= 0.3 is 0 Å². The van der Waals surface area contributed by atoms with Crippen molar-refractivity contribution in [3.63, 3.8) is 0 Å². The van der Waals surface area contributed by atoms with Gasteiger partial charge in [0.25, 0.3) is 0 Å². The quantitative estimate of drug-likeness (QED) is 0.327. The van der Waals surface area contributed by atoms with Gasteiger partial charge in [0.15, 0.2) is 11.0 Å². The lowest BCUT2D eigenvalue weighted by Gasteiger charge is -2.15. The Hall–Kier alpha value is -3.65. The number of carbonyl (C=O) groups excluding carboxylic acids is 1. The van der Waals surface area contributed by atoms with Crippen LogP contribution in [0.5, 0.6) is 5.75 Å². The molecule has 8 heteroatoms. The normalized spacial score (nSPS) is 11.8. The third-order valence-corrected chi connectivity index (χ3v) is 6.40. The first-order valence-corrected chi connectivity index (χ1v) is 11.8. The summed E-state index contributed by atoms with van der Waals surface area (Å²) < 4.78 is 21.7. The van der Waals surface area contributed by atoms with E-state index in [1.165, 1.54) is 23.4 Å². The number of aromatic nitrogens is 3. The average Bonchev–Trinajstić information content (AvgIpc) is 3.27. The van der Waals surface area contributed by atoms with E-state index in [1.807, 2.05) is 48.5 Å². The molecule has 0 aliphatic heterocycles. The molecule has 0 aliphatic carbocycles. The number of halogens is 1. The smallest absolute Gasteiger partial charge is 0.237 e. The van der Waals surface area contributed by atoms with Crippen LogP contribution in [0.25, 0.3) is 17.1 Å². The zero-order valence-corrected chi connectivity index (χ0v) is 20.0. The topological polar surface area (TPSA) is 69.0 Å². The molecule has 0 bridgehead atoms. The maximum Gasteiger partial charge on any atom is 0.237 e. The molecule has 1 amide bonds. The van der Waals surface area contributed by atoms with Gasteiger partial charge in [-0.1, -0.05) is 43.0 Å². The lowest BCUT2D eigenvalue weighted by atomic mass is 10.1. The number of nitrogens with zero attached hydrogens (tertiary/aromatic N) is 3. The van der Waals surface area contributed by atoms with Crippen molar-refractivity contribution < 1.29 is 13.9 Å². The number of benzene rings is 3. The van der Waals surface area contributed by atoms with Crippen LogP contribution in [-0.4, -0.2) is 33.0 Å². The molecular weight excluding hydrogens is 451 g/mol. The molecule has 34 heavy (non-hydrogen) atoms. The van der Waals surface area contributed by atoms with Gasteiger partial charge in [-0.2, -0.15) is 0 Å². The van der Waals surface area contributed by atoms with E-state index in [1.54, 1.807) is 36.8 Å². The molecule has 1 atom stereocenters. The Bertz CT molecular complexity index is 1270. The number of rotatable bonds is 8. The summed E-state index contributed by atoms with van der Waals surface area (Å²) in [5.41, 5.74) is 2.98. The molecule has 1 aromatic heterocycles. The fourth-order valence-electron chi connectivity index (χ4n) is 3.40. The zero-order valence-electron chi connectivity index (χ0n) is 19.2. The molecule has 1 N–H and O–H groups in total. The third kappa shape index (κ3) is 5.12. The summed E-state index contributed by atoms with van der Waals surface area (Å²) in [5.74, 6) is 0.584. The molecule has 174 valence electrons. The van der Waals surface area contributed by atoms with Gasteiger partial charge in [-0.25, -0.2) is 4.39 Å². The molecule has 1 heterocycles. The van der Waals surface area contributed by atoms with E-state index in [2.05, 4.69) is 22.4 Å². The lowest BCUT2D eigenvalue weighted by molar-refractivity contribution is -0.115. The van der Waals surface area contributed by atoms with E-state index in [0.717, 1.165) is 17.7 Å². The van der Waals surface area contributed by atoms with Crippen molar-refractivity contribution >= 4 is 23.4 Å². The van der Waals surface area contributed by atoms with Crippen LogP contribution in [0.1, 0.15) is 19.4 Å². The predicted molar refractivity (Wildman–Crippen MR) is 133 cm³/mol. The van der Waals surface area contributed by atoms with Crippen molar-refractivity contribution in [3.05, 3.63) is 84.2 Å². The highest BCUT2D eigenvalue weighted by atomic mass is 32.2. The van der Waals surface area contributed by atoms with E-state index in [0.29, 0.717) is 22.4 Å². The summed E-state index contributed by atoms with van der Waals surface area (Å²) in [7, 11) is 1.59. The van der Waals surface area contributed by atoms with Crippen LogP contribution in [0.15, 0.2) is 78.0 Å². The number of hydrogen-bond acceptors (Lipinski definition) is 5. The first-order chi connectivity index (χ1) is 16.5. The molecule has 4 aromatic rings. The SMILES string of the molecule is CCc1ccc(NC(=O)C(C)Sc2nnc(-c3ccc(OC)cc3)n2-c2ccccc2F)cc1. The molecule has 0 saturated carbocycles. The molecule has 0 saturated heterocycles. The van der Waals surface area contributed by atoms with E-state index in [-0.39, 0.29) is 5.91 Å². The number of para-hydroxylation sites is 1. The fourth-order valence-corrected chi connectivity index (χ4v) is 4.26. The summed E-state index contributed by atoms with van der Waals surface area (Å²) in [6.07, 6.45) is 0.933. The van der Waals surface area contributed by atoms with Crippen LogP contribution in [0.3, 0.4) is 0 Å². The number of methoxy groups -OCH3 is 1. The maximum absolute atomic E-state index is 14.8. The summed E-state index contributed by atoms with van der Waals surface area (Å²) >= 11 is 1.22. The average molecular weight is 477 g/mol. The second-order valence-corrected chi connectivity index (χ2v) is 8.93. The Morgan fingerprint density at radius 3 is 2.41 bits per heavy atom. The van der Waals surface area contributed by atoms with Gasteiger partial charge in [-0.05, 0) is 67.4 Å². The highest BCUT2D eigenvalue weighted by molar-refractivity contribution is 8.00. The van der Waals surface area contributed by atoms with Gasteiger partial charge in [0.05, 0.1) is 18.0 Å². The van der Waals surface area contributed by atoms with Crippen molar-refractivity contribution in [2.75, 3.05) is 12.4 Å². The third-order valence-electron chi connectivity index (χ3n) is 5.36. The van der Waals surface area contributed by atoms with Gasteiger partial charge in [0.1, 0.15) is 11.6 Å². The first-order valence-electron chi connectivity index (χ1n) is 10.9. The molecular formula is C26H25FN4O2S. The van der Waals surface area contributed by atoms with Crippen molar-refractivity contribution in [2.24, 2.45) is 0 Å². The number of anilines is 1. The summed E-state index contributed by atoms with van der Waals surface area (Å²) in [4.78, 5) is 12.9. The molecule has 1 unspecified atom stereocenters. The van der Waals surface area contributed by atoms with Crippen LogP contribution in [0, 0.1) is 5.82 Å². The lowest BCUT2D eigenvalue weighted by Crippen LogP contribution is -2.23. The van der Waals surface area contributed by atoms with Crippen LogP contribution in [-0.2, 0) is 11.2 Å². The molecule has 4 rings (SSSR count). The van der Waals surface area contributed by atoms with Gasteiger partial charge in [0.2, 0.25) is 5.91 Å². The van der Waals surface area contributed by atoms with Crippen molar-refractivity contribution in [3.8, 4) is 22.8 Å². The minimum atomic E-state index is -0.496. The van der Waals surface area contributed by atoms with E-state index in [9.17, 15) is 9.18 Å². The molecule has 3 aromatic carbocycles. The van der Waals surface area contributed by atoms with Crippen LogP contribution < -0.4 is 10.1 Å². The van der Waals surface area contributed by atoms with Gasteiger partial charge in [-0.15, -0.1) is 10.2 Å². The van der Waals surface area contributed by atoms with Crippen molar-refractivity contribution in [1.82, 2.24) is 14.8 Å². The number of ether oxygens (including phenoxy) is 1. The molecule has 0 radical (unpaired) electrons. The minimum Gasteiger partial charge on any atom is -0.497 e. The van der Waals surface area contributed by atoms with Crippen molar-refractivity contribution in [1.29, 1.82) is 0 Å². The number of carbonyl (C=O) groups is 1. The number of aryl methyl sites for hydroxylation is 1. The van der Waals surface area contributed by atoms with Gasteiger partial charge < -0.3 is 10.1 Å². The van der Waals surface area contributed by atoms with Gasteiger partial charge in [0, 0.05) is 11.3 Å². The number of thioether (sulfide) groups is 1. The fraction of sp³-hybridized carbons (Fsp3) is 0.192. The van der Waals surface area contributed by atoms with Crippen molar-refractivity contribution in [2.45, 2.75) is 30.7 Å². The second kappa shape index (κ2) is 10.5. The van der Waals surface area contributed by atoms with Crippen LogP contribution >= 0.6 is 11.8 Å². The predicted octanol–water partition coefficient (Wildman–Crippen LogP) is 5.76. The monoisotopic (exact) mass is 476 g/mol. The number of amides is 1. The Morgan fingerprint density at radius 1 is 1.06 bits per heavy atom. The Labute approximate surface area is 202 Å². The van der Waals surface area contributed by atoms with E-state index in [4.69, 9.17) is 4.74 Å². The highest BCUT2D eigenvalue weighted by Gasteiger charge is 2.23. The molecule has 0 aliphatic rings. The van der Waals surface area contributed by atoms with E-state index < -0.39 is 11.1 Å². The second-order valence-electron chi connectivity index (χ2n) is 7.62. The number of nitrogens with one attached hydrogen (secondary N) is 1. The molecule has 0 spiro atoms. The van der Waals surface area contributed by atoms with Crippen LogP contribution in [0.4, 0.5) is 10.1 Å². The summed E-state index contributed by atoms with van der Waals surface area (Å²) in [6, 6.07) is 21.5. The maximum atomic E-state index is 14.8.